The topological polar surface area (TPSA) is 37.3 Å². The summed E-state index contributed by atoms with van der Waals surface area (Å²) in [6.07, 6.45) is 11.8. The molecule has 102 valence electrons. The molecule has 0 aromatic heterocycles. The van der Waals surface area contributed by atoms with Gasteiger partial charge in [-0.15, -0.1) is 6.58 Å². The van der Waals surface area contributed by atoms with E-state index in [4.69, 9.17) is 0 Å². The number of aliphatic hydroxyl groups is 1. The van der Waals surface area contributed by atoms with E-state index in [1.54, 1.807) is 0 Å². The Bertz CT molecular complexity index is 304. The number of Topliss-reactive ketones (excluding diaryl/α,β-unsaturated/α-hetero) is 1. The second-order valence-electron chi connectivity index (χ2n) is 6.10. The van der Waals surface area contributed by atoms with E-state index in [1.165, 1.54) is 32.1 Å². The van der Waals surface area contributed by atoms with Crippen molar-refractivity contribution in [2.24, 2.45) is 17.3 Å². The van der Waals surface area contributed by atoms with Gasteiger partial charge in [-0.05, 0) is 37.5 Å². The molecule has 2 aliphatic rings. The summed E-state index contributed by atoms with van der Waals surface area (Å²) in [4.78, 5) is 12.4. The van der Waals surface area contributed by atoms with E-state index < -0.39 is 5.41 Å². The van der Waals surface area contributed by atoms with E-state index in [9.17, 15) is 9.90 Å². The normalized spacial score (nSPS) is 32.2. The lowest BCUT2D eigenvalue weighted by Crippen LogP contribution is -2.46. The van der Waals surface area contributed by atoms with Gasteiger partial charge in [0.25, 0.3) is 0 Å². The highest BCUT2D eigenvalue weighted by molar-refractivity contribution is 5.86. The number of carbonyl (C=O) groups excluding carboxylic acids is 1. The molecule has 2 heteroatoms. The van der Waals surface area contributed by atoms with Gasteiger partial charge in [0.05, 0.1) is 12.0 Å². The van der Waals surface area contributed by atoms with Gasteiger partial charge in [-0.3, -0.25) is 4.79 Å². The Labute approximate surface area is 110 Å². The first-order valence-electron chi connectivity index (χ1n) is 7.51. The predicted octanol–water partition coefficient (Wildman–Crippen LogP) is 3.49. The lowest BCUT2D eigenvalue weighted by atomic mass is 9.59. The molecule has 0 amide bonds. The highest BCUT2D eigenvalue weighted by Gasteiger charge is 2.47. The monoisotopic (exact) mass is 250 g/mol. The maximum Gasteiger partial charge on any atom is 0.141 e. The summed E-state index contributed by atoms with van der Waals surface area (Å²) in [5.74, 6) is 1.03. The highest BCUT2D eigenvalue weighted by atomic mass is 16.3. The highest BCUT2D eigenvalue weighted by Crippen LogP contribution is 2.47. The van der Waals surface area contributed by atoms with E-state index >= 15 is 0 Å². The Hall–Kier alpha value is -0.630. The number of carbonyl (C=O) groups is 1. The molecule has 2 fully saturated rings. The van der Waals surface area contributed by atoms with Crippen molar-refractivity contribution in [1.82, 2.24) is 0 Å². The van der Waals surface area contributed by atoms with E-state index in [-0.39, 0.29) is 18.3 Å². The minimum atomic E-state index is -0.498. The Morgan fingerprint density at radius 1 is 1.28 bits per heavy atom. The maximum atomic E-state index is 12.4. The van der Waals surface area contributed by atoms with Gasteiger partial charge in [0, 0.05) is 6.42 Å². The van der Waals surface area contributed by atoms with Gasteiger partial charge in [-0.2, -0.15) is 0 Å². The third-order valence-electron chi connectivity index (χ3n) is 5.16. The Kier molecular flexibility index (Phi) is 4.60. The van der Waals surface area contributed by atoms with Gasteiger partial charge in [0.15, 0.2) is 0 Å². The minimum absolute atomic E-state index is 0.0129. The first kappa shape index (κ1) is 13.8. The SMILES string of the molecule is C=C[C@@H](C1CCCCC1)[C@]1(CO)CCCCC1=O. The van der Waals surface area contributed by atoms with Crippen molar-refractivity contribution in [1.29, 1.82) is 0 Å². The Morgan fingerprint density at radius 2 is 2.00 bits per heavy atom. The quantitative estimate of drug-likeness (QED) is 0.775. The summed E-state index contributed by atoms with van der Waals surface area (Å²) in [5, 5.41) is 9.88. The lowest BCUT2D eigenvalue weighted by molar-refractivity contribution is -0.139. The molecule has 2 saturated carbocycles. The van der Waals surface area contributed by atoms with Crippen molar-refractivity contribution >= 4 is 5.78 Å². The summed E-state index contributed by atoms with van der Waals surface area (Å²) in [6.45, 7) is 3.99. The third kappa shape index (κ3) is 2.40. The van der Waals surface area contributed by atoms with Crippen molar-refractivity contribution in [2.45, 2.75) is 57.8 Å². The van der Waals surface area contributed by atoms with Crippen molar-refractivity contribution < 1.29 is 9.90 Å². The van der Waals surface area contributed by atoms with Crippen LogP contribution < -0.4 is 0 Å². The summed E-state index contributed by atoms with van der Waals surface area (Å²) in [5.41, 5.74) is -0.498. The number of hydrogen-bond donors (Lipinski definition) is 1. The maximum absolute atomic E-state index is 12.4. The van der Waals surface area contributed by atoms with Crippen LogP contribution in [0, 0.1) is 17.3 Å². The van der Waals surface area contributed by atoms with Crippen LogP contribution in [-0.2, 0) is 4.79 Å². The molecule has 0 aliphatic heterocycles. The third-order valence-corrected chi connectivity index (χ3v) is 5.16. The van der Waals surface area contributed by atoms with Gasteiger partial charge < -0.3 is 5.11 Å². The molecular formula is C16H26O2. The van der Waals surface area contributed by atoms with Crippen molar-refractivity contribution in [3.63, 3.8) is 0 Å². The van der Waals surface area contributed by atoms with Gasteiger partial charge in [-0.1, -0.05) is 31.8 Å². The zero-order chi connectivity index (χ0) is 13.0. The van der Waals surface area contributed by atoms with Crippen molar-refractivity contribution in [3.8, 4) is 0 Å². The van der Waals surface area contributed by atoms with Crippen LogP contribution in [0.25, 0.3) is 0 Å². The molecule has 0 aromatic rings. The fourth-order valence-corrected chi connectivity index (χ4v) is 4.10. The molecule has 2 nitrogen and oxygen atoms in total. The second kappa shape index (κ2) is 6.01. The van der Waals surface area contributed by atoms with Gasteiger partial charge in [-0.25, -0.2) is 0 Å². The van der Waals surface area contributed by atoms with Gasteiger partial charge in [0.2, 0.25) is 0 Å². The molecule has 1 N–H and O–H groups in total. The molecule has 0 heterocycles. The molecule has 0 aromatic carbocycles. The van der Waals surface area contributed by atoms with E-state index in [0.29, 0.717) is 12.3 Å². The first-order valence-corrected chi connectivity index (χ1v) is 7.51. The summed E-state index contributed by atoms with van der Waals surface area (Å²) >= 11 is 0. The number of hydrogen-bond acceptors (Lipinski definition) is 2. The largest absolute Gasteiger partial charge is 0.395 e. The zero-order valence-corrected chi connectivity index (χ0v) is 11.4. The molecular weight excluding hydrogens is 224 g/mol. The van der Waals surface area contributed by atoms with Gasteiger partial charge in [0.1, 0.15) is 5.78 Å². The fourth-order valence-electron chi connectivity index (χ4n) is 4.10. The van der Waals surface area contributed by atoms with Crippen molar-refractivity contribution in [2.75, 3.05) is 6.61 Å². The average Bonchev–Trinajstić information content (AvgIpc) is 2.43. The van der Waals surface area contributed by atoms with Crippen LogP contribution in [0.3, 0.4) is 0 Å². The molecule has 2 rings (SSSR count). The van der Waals surface area contributed by atoms with Crippen LogP contribution >= 0.6 is 0 Å². The van der Waals surface area contributed by atoms with Crippen LogP contribution in [0.15, 0.2) is 12.7 Å². The van der Waals surface area contributed by atoms with Crippen molar-refractivity contribution in [3.05, 3.63) is 12.7 Å². The molecule has 2 aliphatic carbocycles. The fraction of sp³-hybridized carbons (Fsp3) is 0.812. The summed E-state index contributed by atoms with van der Waals surface area (Å²) < 4.78 is 0. The zero-order valence-electron chi connectivity index (χ0n) is 11.4. The summed E-state index contributed by atoms with van der Waals surface area (Å²) in [7, 11) is 0. The van der Waals surface area contributed by atoms with Crippen LogP contribution in [0.2, 0.25) is 0 Å². The molecule has 0 unspecified atom stereocenters. The van der Waals surface area contributed by atoms with E-state index in [0.717, 1.165) is 19.3 Å². The molecule has 18 heavy (non-hydrogen) atoms. The van der Waals surface area contributed by atoms with Crippen LogP contribution in [-0.4, -0.2) is 17.5 Å². The molecule has 0 spiro atoms. The average molecular weight is 250 g/mol. The molecule has 0 radical (unpaired) electrons. The summed E-state index contributed by atoms with van der Waals surface area (Å²) in [6, 6.07) is 0. The van der Waals surface area contributed by atoms with E-state index in [1.807, 2.05) is 6.08 Å². The number of aliphatic hydroxyl groups excluding tert-OH is 1. The predicted molar refractivity (Wildman–Crippen MR) is 73.3 cm³/mol. The number of allylic oxidation sites excluding steroid dienone is 1. The standard InChI is InChI=1S/C16H26O2/c1-2-14(13-8-4-3-5-9-13)16(12-17)11-7-6-10-15(16)18/h2,13-14,17H,1,3-12H2/t14-,16+/m0/s1. The minimum Gasteiger partial charge on any atom is -0.395 e. The number of rotatable bonds is 4. The molecule has 0 bridgehead atoms. The molecule has 2 atom stereocenters. The van der Waals surface area contributed by atoms with Gasteiger partial charge >= 0.3 is 0 Å². The Morgan fingerprint density at radius 3 is 2.56 bits per heavy atom. The van der Waals surface area contributed by atoms with E-state index in [2.05, 4.69) is 6.58 Å². The van der Waals surface area contributed by atoms with Crippen LogP contribution in [0.1, 0.15) is 57.8 Å². The second-order valence-corrected chi connectivity index (χ2v) is 6.10. The van der Waals surface area contributed by atoms with Crippen LogP contribution in [0.4, 0.5) is 0 Å². The van der Waals surface area contributed by atoms with Crippen LogP contribution in [0.5, 0.6) is 0 Å². The molecule has 0 saturated heterocycles. The first-order chi connectivity index (χ1) is 8.74. The smallest absolute Gasteiger partial charge is 0.141 e. The number of ketones is 1. The lowest BCUT2D eigenvalue weighted by Gasteiger charge is -2.44. The Balaban J connectivity index is 2.21.